The number of thiazole rings is 1. The molecule has 1 atom stereocenters. The van der Waals surface area contributed by atoms with Gasteiger partial charge in [-0.15, -0.1) is 0 Å². The number of amides is 2. The molecule has 1 unspecified atom stereocenters. The number of carbonyl (C=O) groups is 2. The molecule has 1 aromatic heterocycles. The molecule has 0 aliphatic carbocycles. The first-order valence-electron chi connectivity index (χ1n) is 10.4. The van der Waals surface area contributed by atoms with Gasteiger partial charge in [-0.2, -0.15) is 0 Å². The van der Waals surface area contributed by atoms with E-state index < -0.39 is 5.92 Å². The zero-order valence-corrected chi connectivity index (χ0v) is 18.7. The Morgan fingerprint density at radius 2 is 1.84 bits per heavy atom. The molecule has 1 aliphatic rings. The van der Waals surface area contributed by atoms with Gasteiger partial charge in [0.1, 0.15) is 11.6 Å². The van der Waals surface area contributed by atoms with E-state index in [1.54, 1.807) is 11.0 Å². The van der Waals surface area contributed by atoms with E-state index in [-0.39, 0.29) is 36.4 Å². The number of hydrogen-bond donors (Lipinski definition) is 0. The van der Waals surface area contributed by atoms with Crippen LogP contribution in [-0.2, 0) is 9.59 Å². The minimum Gasteiger partial charge on any atom is -0.312 e. The van der Waals surface area contributed by atoms with Gasteiger partial charge in [0.2, 0.25) is 11.8 Å². The first-order valence-corrected chi connectivity index (χ1v) is 11.2. The van der Waals surface area contributed by atoms with E-state index >= 15 is 0 Å². The highest BCUT2D eigenvalue weighted by molar-refractivity contribution is 7.22. The summed E-state index contributed by atoms with van der Waals surface area (Å²) in [6.45, 7) is 1.46. The van der Waals surface area contributed by atoms with Gasteiger partial charge in [0.25, 0.3) is 0 Å². The Bertz CT molecular complexity index is 1130. The summed E-state index contributed by atoms with van der Waals surface area (Å²) in [6.07, 6.45) is 0.811. The molecule has 168 valence electrons. The number of anilines is 2. The molecule has 1 aliphatic heterocycles. The topological polar surface area (TPSA) is 56.8 Å². The fraction of sp³-hybridized carbons (Fsp3) is 0.348. The van der Waals surface area contributed by atoms with Crippen LogP contribution in [-0.4, -0.2) is 55.4 Å². The van der Waals surface area contributed by atoms with Crippen LogP contribution < -0.4 is 9.80 Å². The molecule has 2 heterocycles. The number of fused-ring (bicyclic) bond motifs is 1. The minimum absolute atomic E-state index is 0.0832. The van der Waals surface area contributed by atoms with Crippen LogP contribution in [0.2, 0.25) is 0 Å². The van der Waals surface area contributed by atoms with Crippen molar-refractivity contribution in [2.24, 2.45) is 5.92 Å². The molecule has 2 amide bonds. The van der Waals surface area contributed by atoms with Gasteiger partial charge in [-0.1, -0.05) is 11.3 Å². The van der Waals surface area contributed by atoms with Crippen molar-refractivity contribution in [2.45, 2.75) is 12.8 Å². The molecule has 3 aromatic rings. The molecule has 0 saturated carbocycles. The maximum absolute atomic E-state index is 13.6. The number of halogens is 2. The summed E-state index contributed by atoms with van der Waals surface area (Å²) in [5.41, 5.74) is 1.20. The second-order valence-corrected chi connectivity index (χ2v) is 9.15. The molecule has 1 fully saturated rings. The van der Waals surface area contributed by atoms with E-state index in [0.29, 0.717) is 27.6 Å². The molecule has 1 saturated heterocycles. The number of rotatable bonds is 7. The third-order valence-corrected chi connectivity index (χ3v) is 6.48. The summed E-state index contributed by atoms with van der Waals surface area (Å²) in [6, 6.07) is 10.0. The van der Waals surface area contributed by atoms with Gasteiger partial charge in [-0.05, 0) is 69.5 Å². The maximum atomic E-state index is 13.6. The van der Waals surface area contributed by atoms with Crippen molar-refractivity contribution >= 4 is 44.2 Å². The second kappa shape index (κ2) is 9.30. The highest BCUT2D eigenvalue weighted by Gasteiger charge is 2.38. The molecule has 4 rings (SSSR count). The predicted octanol–water partition coefficient (Wildman–Crippen LogP) is 3.91. The molecular weight excluding hydrogens is 434 g/mol. The standard InChI is InChI=1S/C23H24F2N4O2S/c1-27(2)10-3-11-28(23-26-19-9-6-17(25)13-20(19)32-23)22(31)15-12-21(30)29(14-15)18-7-4-16(24)5-8-18/h4-9,13,15H,3,10-12,14H2,1-2H3. The number of benzene rings is 2. The monoisotopic (exact) mass is 458 g/mol. The van der Waals surface area contributed by atoms with Gasteiger partial charge in [0, 0.05) is 25.2 Å². The zero-order valence-electron chi connectivity index (χ0n) is 17.9. The smallest absolute Gasteiger partial charge is 0.234 e. The maximum Gasteiger partial charge on any atom is 0.234 e. The summed E-state index contributed by atoms with van der Waals surface area (Å²) < 4.78 is 27.6. The first kappa shape index (κ1) is 22.3. The van der Waals surface area contributed by atoms with E-state index in [1.807, 2.05) is 19.0 Å². The van der Waals surface area contributed by atoms with Crippen molar-refractivity contribution in [3.05, 3.63) is 54.1 Å². The summed E-state index contributed by atoms with van der Waals surface area (Å²) in [5.74, 6) is -1.62. The van der Waals surface area contributed by atoms with Crippen LogP contribution in [0.15, 0.2) is 42.5 Å². The molecule has 9 heteroatoms. The highest BCUT2D eigenvalue weighted by Crippen LogP contribution is 2.33. The Labute approximate surface area is 189 Å². The van der Waals surface area contributed by atoms with Crippen LogP contribution in [0.3, 0.4) is 0 Å². The van der Waals surface area contributed by atoms with Gasteiger partial charge in [0.15, 0.2) is 5.13 Å². The van der Waals surface area contributed by atoms with Crippen LogP contribution >= 0.6 is 11.3 Å². The van der Waals surface area contributed by atoms with Gasteiger partial charge in [-0.3, -0.25) is 14.5 Å². The lowest BCUT2D eigenvalue weighted by atomic mass is 10.1. The van der Waals surface area contributed by atoms with Crippen LogP contribution in [0.1, 0.15) is 12.8 Å². The molecule has 0 N–H and O–H groups in total. The normalized spacial score (nSPS) is 16.3. The van der Waals surface area contributed by atoms with Crippen molar-refractivity contribution in [2.75, 3.05) is 43.5 Å². The summed E-state index contributed by atoms with van der Waals surface area (Å²) in [7, 11) is 3.92. The van der Waals surface area contributed by atoms with Crippen molar-refractivity contribution in [3.8, 4) is 0 Å². The third kappa shape index (κ3) is 4.78. The van der Waals surface area contributed by atoms with Crippen molar-refractivity contribution in [3.63, 3.8) is 0 Å². The quantitative estimate of drug-likeness (QED) is 0.539. The van der Waals surface area contributed by atoms with Crippen LogP contribution in [0.4, 0.5) is 19.6 Å². The van der Waals surface area contributed by atoms with Crippen LogP contribution in [0, 0.1) is 17.6 Å². The Morgan fingerprint density at radius 3 is 2.56 bits per heavy atom. The van der Waals surface area contributed by atoms with Gasteiger partial charge >= 0.3 is 0 Å². The molecule has 0 spiro atoms. The minimum atomic E-state index is -0.532. The fourth-order valence-corrected chi connectivity index (χ4v) is 4.83. The van der Waals surface area contributed by atoms with Gasteiger partial charge in [0.05, 0.1) is 16.1 Å². The Hall–Kier alpha value is -2.91. The highest BCUT2D eigenvalue weighted by atomic mass is 32.1. The number of carbonyl (C=O) groups excluding carboxylic acids is 2. The Kier molecular flexibility index (Phi) is 6.48. The van der Waals surface area contributed by atoms with E-state index in [1.165, 1.54) is 52.6 Å². The first-order chi connectivity index (χ1) is 15.3. The van der Waals surface area contributed by atoms with E-state index in [2.05, 4.69) is 4.98 Å². The Morgan fingerprint density at radius 1 is 1.12 bits per heavy atom. The lowest BCUT2D eigenvalue weighted by Gasteiger charge is -2.24. The average Bonchev–Trinajstić information content (AvgIpc) is 3.34. The molecular formula is C23H24F2N4O2S. The summed E-state index contributed by atoms with van der Waals surface area (Å²) in [4.78, 5) is 35.9. The third-order valence-electron chi connectivity index (χ3n) is 5.44. The van der Waals surface area contributed by atoms with Crippen molar-refractivity contribution < 1.29 is 18.4 Å². The van der Waals surface area contributed by atoms with Gasteiger partial charge in [-0.25, -0.2) is 13.8 Å². The van der Waals surface area contributed by atoms with E-state index in [4.69, 9.17) is 0 Å². The van der Waals surface area contributed by atoms with Crippen molar-refractivity contribution in [1.82, 2.24) is 9.88 Å². The van der Waals surface area contributed by atoms with E-state index in [0.717, 1.165) is 13.0 Å². The SMILES string of the molecule is CN(C)CCCN(C(=O)C1CC(=O)N(c2ccc(F)cc2)C1)c1nc2ccc(F)cc2s1. The largest absolute Gasteiger partial charge is 0.312 e. The fourth-order valence-electron chi connectivity index (χ4n) is 3.81. The molecule has 2 aromatic carbocycles. The summed E-state index contributed by atoms with van der Waals surface area (Å²) >= 11 is 1.27. The van der Waals surface area contributed by atoms with Crippen LogP contribution in [0.5, 0.6) is 0 Å². The predicted molar refractivity (Wildman–Crippen MR) is 122 cm³/mol. The number of hydrogen-bond acceptors (Lipinski definition) is 5. The lowest BCUT2D eigenvalue weighted by molar-refractivity contribution is -0.124. The molecule has 0 radical (unpaired) electrons. The number of aromatic nitrogens is 1. The van der Waals surface area contributed by atoms with Crippen molar-refractivity contribution in [1.29, 1.82) is 0 Å². The molecule has 6 nitrogen and oxygen atoms in total. The Balaban J connectivity index is 1.57. The van der Waals surface area contributed by atoms with Crippen LogP contribution in [0.25, 0.3) is 10.2 Å². The number of nitrogens with zero attached hydrogens (tertiary/aromatic N) is 4. The van der Waals surface area contributed by atoms with E-state index in [9.17, 15) is 18.4 Å². The lowest BCUT2D eigenvalue weighted by Crippen LogP contribution is -2.39. The summed E-state index contributed by atoms with van der Waals surface area (Å²) in [5, 5.41) is 0.502. The van der Waals surface area contributed by atoms with Gasteiger partial charge < -0.3 is 9.80 Å². The molecule has 0 bridgehead atoms. The second-order valence-electron chi connectivity index (χ2n) is 8.14. The average molecular weight is 459 g/mol. The zero-order chi connectivity index (χ0) is 22.8. The molecule has 32 heavy (non-hydrogen) atoms.